The van der Waals surface area contributed by atoms with Crippen LogP contribution in [0.3, 0.4) is 0 Å². The molecule has 0 radical (unpaired) electrons. The number of carbonyl (C=O) groups excluding carboxylic acids is 2. The van der Waals surface area contributed by atoms with Gasteiger partial charge in [-0.2, -0.15) is 0 Å². The summed E-state index contributed by atoms with van der Waals surface area (Å²) >= 11 is 0. The van der Waals surface area contributed by atoms with Gasteiger partial charge in [-0.05, 0) is 25.7 Å². The molecule has 0 aromatic heterocycles. The smallest absolute Gasteiger partial charge is 0.138 e. The molecule has 1 aliphatic rings. The van der Waals surface area contributed by atoms with Gasteiger partial charge in [-0.15, -0.1) is 0 Å². The summed E-state index contributed by atoms with van der Waals surface area (Å²) in [6.45, 7) is 5.86. The second-order valence-corrected chi connectivity index (χ2v) is 5.62. The van der Waals surface area contributed by atoms with E-state index >= 15 is 0 Å². The number of hydrogen-bond acceptors (Lipinski definition) is 2. The van der Waals surface area contributed by atoms with Crippen LogP contribution in [0.1, 0.15) is 59.3 Å². The Labute approximate surface area is 92.4 Å². The fourth-order valence-electron chi connectivity index (χ4n) is 2.08. The van der Waals surface area contributed by atoms with E-state index in [4.69, 9.17) is 0 Å². The topological polar surface area (TPSA) is 34.1 Å². The molecular formula is C13H22O2. The second-order valence-electron chi connectivity index (χ2n) is 5.62. The summed E-state index contributed by atoms with van der Waals surface area (Å²) in [6.07, 6.45) is 5.29. The predicted molar refractivity (Wildman–Crippen MR) is 60.7 cm³/mol. The number of hydrogen-bond donors (Lipinski definition) is 0. The van der Waals surface area contributed by atoms with Crippen LogP contribution in [0.15, 0.2) is 0 Å². The summed E-state index contributed by atoms with van der Waals surface area (Å²) < 4.78 is 0. The highest BCUT2D eigenvalue weighted by atomic mass is 16.1. The highest BCUT2D eigenvalue weighted by Gasteiger charge is 2.25. The van der Waals surface area contributed by atoms with Gasteiger partial charge in [-0.1, -0.05) is 20.8 Å². The van der Waals surface area contributed by atoms with Crippen LogP contribution in [-0.2, 0) is 9.59 Å². The van der Waals surface area contributed by atoms with Gasteiger partial charge >= 0.3 is 0 Å². The van der Waals surface area contributed by atoms with Crippen molar-refractivity contribution in [3.8, 4) is 0 Å². The van der Waals surface area contributed by atoms with Crippen LogP contribution >= 0.6 is 0 Å². The minimum Gasteiger partial charge on any atom is -0.299 e. The Morgan fingerprint density at radius 2 is 2.07 bits per heavy atom. The molecule has 2 heteroatoms. The Kier molecular flexibility index (Phi) is 4.06. The summed E-state index contributed by atoms with van der Waals surface area (Å²) in [5, 5.41) is 0. The molecule has 0 spiro atoms. The average molecular weight is 210 g/mol. The molecule has 1 saturated carbocycles. The fraction of sp³-hybridized carbons (Fsp3) is 0.846. The molecule has 0 aromatic rings. The molecule has 0 heterocycles. The Morgan fingerprint density at radius 3 is 2.53 bits per heavy atom. The van der Waals surface area contributed by atoms with E-state index < -0.39 is 0 Å². The van der Waals surface area contributed by atoms with E-state index in [9.17, 15) is 9.59 Å². The van der Waals surface area contributed by atoms with Crippen molar-refractivity contribution >= 4 is 11.6 Å². The SMILES string of the molecule is CC(C)(C)C(=O)CCCC1CCCC1=O. The Hall–Kier alpha value is -0.660. The molecule has 0 N–H and O–H groups in total. The summed E-state index contributed by atoms with van der Waals surface area (Å²) in [6, 6.07) is 0. The molecule has 15 heavy (non-hydrogen) atoms. The van der Waals surface area contributed by atoms with Gasteiger partial charge in [-0.3, -0.25) is 9.59 Å². The van der Waals surface area contributed by atoms with Crippen molar-refractivity contribution < 1.29 is 9.59 Å². The average Bonchev–Trinajstić information content (AvgIpc) is 2.50. The molecule has 0 aliphatic heterocycles. The molecule has 2 nitrogen and oxygen atoms in total. The van der Waals surface area contributed by atoms with E-state index in [-0.39, 0.29) is 11.3 Å². The largest absolute Gasteiger partial charge is 0.299 e. The second kappa shape index (κ2) is 4.91. The van der Waals surface area contributed by atoms with Crippen molar-refractivity contribution in [1.82, 2.24) is 0 Å². The van der Waals surface area contributed by atoms with Crippen LogP contribution in [0.25, 0.3) is 0 Å². The predicted octanol–water partition coefficient (Wildman–Crippen LogP) is 3.14. The van der Waals surface area contributed by atoms with Crippen LogP contribution in [0.5, 0.6) is 0 Å². The van der Waals surface area contributed by atoms with Crippen molar-refractivity contribution in [3.05, 3.63) is 0 Å². The number of Topliss-reactive ketones (excluding diaryl/α,β-unsaturated/α-hetero) is 2. The van der Waals surface area contributed by atoms with Gasteiger partial charge in [0.15, 0.2) is 0 Å². The van der Waals surface area contributed by atoms with Crippen LogP contribution in [0.2, 0.25) is 0 Å². The lowest BCUT2D eigenvalue weighted by atomic mass is 9.87. The zero-order chi connectivity index (χ0) is 11.5. The lowest BCUT2D eigenvalue weighted by Crippen LogP contribution is -2.20. The molecule has 0 amide bonds. The third-order valence-electron chi connectivity index (χ3n) is 3.22. The van der Waals surface area contributed by atoms with E-state index in [1.807, 2.05) is 20.8 Å². The summed E-state index contributed by atoms with van der Waals surface area (Å²) in [7, 11) is 0. The van der Waals surface area contributed by atoms with E-state index in [0.29, 0.717) is 18.0 Å². The van der Waals surface area contributed by atoms with Gasteiger partial charge in [-0.25, -0.2) is 0 Å². The highest BCUT2D eigenvalue weighted by Crippen LogP contribution is 2.27. The minimum absolute atomic E-state index is 0.223. The Balaban J connectivity index is 2.22. The molecule has 1 rings (SSSR count). The first kappa shape index (κ1) is 12.4. The maximum absolute atomic E-state index is 11.6. The van der Waals surface area contributed by atoms with Crippen LogP contribution < -0.4 is 0 Å². The molecule has 1 fully saturated rings. The summed E-state index contributed by atoms with van der Waals surface area (Å²) in [4.78, 5) is 23.0. The highest BCUT2D eigenvalue weighted by molar-refractivity contribution is 5.84. The van der Waals surface area contributed by atoms with Crippen molar-refractivity contribution in [2.45, 2.75) is 59.3 Å². The van der Waals surface area contributed by atoms with Crippen LogP contribution in [0, 0.1) is 11.3 Å². The number of ketones is 2. The third-order valence-corrected chi connectivity index (χ3v) is 3.22. The third kappa shape index (κ3) is 3.77. The van der Waals surface area contributed by atoms with Gasteiger partial charge in [0.1, 0.15) is 11.6 Å². The molecule has 0 aromatic carbocycles. The minimum atomic E-state index is -0.223. The van der Waals surface area contributed by atoms with E-state index in [1.165, 1.54) is 0 Å². The quantitative estimate of drug-likeness (QED) is 0.714. The van der Waals surface area contributed by atoms with E-state index in [0.717, 1.165) is 32.1 Å². The fourth-order valence-corrected chi connectivity index (χ4v) is 2.08. The molecule has 0 bridgehead atoms. The summed E-state index contributed by atoms with van der Waals surface area (Å²) in [5.74, 6) is 0.990. The monoisotopic (exact) mass is 210 g/mol. The van der Waals surface area contributed by atoms with Gasteiger partial charge in [0, 0.05) is 24.2 Å². The number of carbonyl (C=O) groups is 2. The maximum Gasteiger partial charge on any atom is 0.138 e. The molecule has 1 unspecified atom stereocenters. The molecular weight excluding hydrogens is 188 g/mol. The van der Waals surface area contributed by atoms with Crippen molar-refractivity contribution in [1.29, 1.82) is 0 Å². The van der Waals surface area contributed by atoms with E-state index in [1.54, 1.807) is 0 Å². The Morgan fingerprint density at radius 1 is 1.40 bits per heavy atom. The molecule has 86 valence electrons. The van der Waals surface area contributed by atoms with Gasteiger partial charge in [0.05, 0.1) is 0 Å². The van der Waals surface area contributed by atoms with Gasteiger partial charge in [0.2, 0.25) is 0 Å². The lowest BCUT2D eigenvalue weighted by molar-refractivity contribution is -0.127. The van der Waals surface area contributed by atoms with Crippen LogP contribution in [-0.4, -0.2) is 11.6 Å². The first-order valence-corrected chi connectivity index (χ1v) is 5.97. The van der Waals surface area contributed by atoms with Crippen LogP contribution in [0.4, 0.5) is 0 Å². The molecule has 1 atom stereocenters. The first-order valence-electron chi connectivity index (χ1n) is 5.97. The zero-order valence-electron chi connectivity index (χ0n) is 10.1. The van der Waals surface area contributed by atoms with Crippen molar-refractivity contribution in [2.75, 3.05) is 0 Å². The van der Waals surface area contributed by atoms with E-state index in [2.05, 4.69) is 0 Å². The molecule has 1 aliphatic carbocycles. The van der Waals surface area contributed by atoms with Gasteiger partial charge in [0.25, 0.3) is 0 Å². The van der Waals surface area contributed by atoms with Crippen molar-refractivity contribution in [2.24, 2.45) is 11.3 Å². The lowest BCUT2D eigenvalue weighted by Gasteiger charge is -2.16. The summed E-state index contributed by atoms with van der Waals surface area (Å²) in [5.41, 5.74) is -0.223. The number of rotatable bonds is 4. The maximum atomic E-state index is 11.6. The zero-order valence-corrected chi connectivity index (χ0v) is 10.1. The Bertz CT molecular complexity index is 248. The normalized spacial score (nSPS) is 22.1. The van der Waals surface area contributed by atoms with Gasteiger partial charge < -0.3 is 0 Å². The molecule has 0 saturated heterocycles. The first-order chi connectivity index (χ1) is 6.91. The van der Waals surface area contributed by atoms with Crippen molar-refractivity contribution in [3.63, 3.8) is 0 Å². The standard InChI is InChI=1S/C13H22O2/c1-13(2,3)12(15)9-5-7-10-6-4-8-11(10)14/h10H,4-9H2,1-3H3.